The van der Waals surface area contributed by atoms with Crippen molar-refractivity contribution >= 4 is 15.9 Å². The molecule has 84 valence electrons. The highest BCUT2D eigenvalue weighted by atomic mass is 32.2. The standard InChI is InChI=1S/C7H14FNO4S/c1-7(2,3)13-5(8)6(10)9-14(4,11)12/h5H,1-4H3,(H,9,10). The lowest BCUT2D eigenvalue weighted by atomic mass is 10.2. The highest BCUT2D eigenvalue weighted by molar-refractivity contribution is 7.89. The number of rotatable bonds is 3. The van der Waals surface area contributed by atoms with Gasteiger partial charge in [0.1, 0.15) is 0 Å². The van der Waals surface area contributed by atoms with Gasteiger partial charge in [-0.3, -0.25) is 4.79 Å². The molecule has 0 rings (SSSR count). The van der Waals surface area contributed by atoms with Gasteiger partial charge >= 0.3 is 0 Å². The molecule has 0 aromatic heterocycles. The van der Waals surface area contributed by atoms with E-state index in [1.807, 2.05) is 0 Å². The summed E-state index contributed by atoms with van der Waals surface area (Å²) in [5.74, 6) is -1.32. The molecule has 0 radical (unpaired) electrons. The van der Waals surface area contributed by atoms with Crippen LogP contribution in [0.5, 0.6) is 0 Å². The third-order valence-corrected chi connectivity index (χ3v) is 1.52. The van der Waals surface area contributed by atoms with Crippen molar-refractivity contribution in [3.8, 4) is 0 Å². The fourth-order valence-electron chi connectivity index (χ4n) is 0.593. The summed E-state index contributed by atoms with van der Waals surface area (Å²) in [7, 11) is -3.74. The Labute approximate surface area is 82.7 Å². The summed E-state index contributed by atoms with van der Waals surface area (Å²) < 4.78 is 40.1. The van der Waals surface area contributed by atoms with Crippen molar-refractivity contribution in [2.75, 3.05) is 6.26 Å². The molecule has 0 aromatic carbocycles. The van der Waals surface area contributed by atoms with Gasteiger partial charge in [-0.25, -0.2) is 17.5 Å². The quantitative estimate of drug-likeness (QED) is 0.746. The van der Waals surface area contributed by atoms with E-state index in [1.165, 1.54) is 4.72 Å². The Morgan fingerprint density at radius 2 is 1.86 bits per heavy atom. The summed E-state index contributed by atoms with van der Waals surface area (Å²) in [6.07, 6.45) is -1.53. The molecule has 0 aliphatic heterocycles. The monoisotopic (exact) mass is 227 g/mol. The maximum Gasteiger partial charge on any atom is 0.295 e. The van der Waals surface area contributed by atoms with E-state index < -0.39 is 27.9 Å². The Balaban J connectivity index is 4.29. The molecule has 0 aliphatic carbocycles. The van der Waals surface area contributed by atoms with Gasteiger partial charge in [0.15, 0.2) is 0 Å². The Morgan fingerprint density at radius 3 is 2.14 bits per heavy atom. The van der Waals surface area contributed by atoms with Crippen LogP contribution in [0.15, 0.2) is 0 Å². The molecule has 0 aromatic rings. The zero-order chi connectivity index (χ0) is 11.6. The first-order chi connectivity index (χ1) is 6.01. The van der Waals surface area contributed by atoms with E-state index >= 15 is 0 Å². The van der Waals surface area contributed by atoms with Gasteiger partial charge in [-0.2, -0.15) is 0 Å². The lowest BCUT2D eigenvalue weighted by molar-refractivity contribution is -0.160. The maximum atomic E-state index is 12.9. The van der Waals surface area contributed by atoms with Crippen LogP contribution in [0, 0.1) is 0 Å². The summed E-state index contributed by atoms with van der Waals surface area (Å²) in [6.45, 7) is 4.65. The summed E-state index contributed by atoms with van der Waals surface area (Å²) in [5, 5.41) is 0. The van der Waals surface area contributed by atoms with Crippen molar-refractivity contribution < 1.29 is 22.3 Å². The van der Waals surface area contributed by atoms with Crippen LogP contribution in [0.2, 0.25) is 0 Å². The molecular weight excluding hydrogens is 213 g/mol. The zero-order valence-electron chi connectivity index (χ0n) is 8.50. The fraction of sp³-hybridized carbons (Fsp3) is 0.857. The first kappa shape index (κ1) is 13.3. The van der Waals surface area contributed by atoms with E-state index in [0.717, 1.165) is 6.26 Å². The molecule has 14 heavy (non-hydrogen) atoms. The number of carbonyl (C=O) groups is 1. The Hall–Kier alpha value is -0.690. The molecule has 1 atom stereocenters. The highest BCUT2D eigenvalue weighted by Crippen LogP contribution is 2.11. The number of sulfonamides is 1. The van der Waals surface area contributed by atoms with Crippen molar-refractivity contribution in [2.24, 2.45) is 0 Å². The number of hydrogen-bond donors (Lipinski definition) is 1. The van der Waals surface area contributed by atoms with Gasteiger partial charge in [0.05, 0.1) is 11.9 Å². The minimum absolute atomic E-state index is 0.759. The van der Waals surface area contributed by atoms with E-state index in [2.05, 4.69) is 4.74 Å². The minimum atomic E-state index is -3.74. The maximum absolute atomic E-state index is 12.9. The minimum Gasteiger partial charge on any atom is -0.335 e. The van der Waals surface area contributed by atoms with E-state index in [4.69, 9.17) is 0 Å². The molecular formula is C7H14FNO4S. The van der Waals surface area contributed by atoms with Gasteiger partial charge in [0.2, 0.25) is 10.0 Å². The third kappa shape index (κ3) is 6.79. The second-order valence-corrected chi connectivity index (χ2v) is 5.53. The predicted octanol–water partition coefficient (Wildman–Crippen LogP) is 0.173. The van der Waals surface area contributed by atoms with Crippen LogP contribution < -0.4 is 4.72 Å². The predicted molar refractivity (Wildman–Crippen MR) is 48.7 cm³/mol. The number of halogens is 1. The number of amides is 1. The number of ether oxygens (including phenoxy) is 1. The fourth-order valence-corrected chi connectivity index (χ4v) is 1.05. The van der Waals surface area contributed by atoms with E-state index in [-0.39, 0.29) is 0 Å². The van der Waals surface area contributed by atoms with Gasteiger partial charge in [0, 0.05) is 0 Å². The average Bonchev–Trinajstić information content (AvgIpc) is 1.78. The second kappa shape index (κ2) is 4.22. The molecule has 0 spiro atoms. The molecule has 1 unspecified atom stereocenters. The lowest BCUT2D eigenvalue weighted by Crippen LogP contribution is -2.40. The average molecular weight is 227 g/mol. The zero-order valence-corrected chi connectivity index (χ0v) is 9.31. The number of nitrogens with one attached hydrogen (secondary N) is 1. The normalized spacial score (nSPS) is 14.9. The van der Waals surface area contributed by atoms with Gasteiger partial charge in [-0.1, -0.05) is 0 Å². The number of carbonyl (C=O) groups excluding carboxylic acids is 1. The topological polar surface area (TPSA) is 72.5 Å². The van der Waals surface area contributed by atoms with E-state index in [9.17, 15) is 17.6 Å². The van der Waals surface area contributed by atoms with E-state index in [1.54, 1.807) is 20.8 Å². The molecule has 0 saturated carbocycles. The van der Waals surface area contributed by atoms with Crippen LogP contribution in [-0.4, -0.2) is 32.5 Å². The molecule has 0 aliphatic rings. The summed E-state index contributed by atoms with van der Waals surface area (Å²) in [4.78, 5) is 10.8. The highest BCUT2D eigenvalue weighted by Gasteiger charge is 2.26. The van der Waals surface area contributed by atoms with Crippen LogP contribution in [0.25, 0.3) is 0 Å². The molecule has 0 fully saturated rings. The number of hydrogen-bond acceptors (Lipinski definition) is 4. The Bertz CT molecular complexity index is 306. The Morgan fingerprint density at radius 1 is 1.43 bits per heavy atom. The Kier molecular flexibility index (Phi) is 4.01. The summed E-state index contributed by atoms with van der Waals surface area (Å²) in [6, 6.07) is 0. The van der Waals surface area contributed by atoms with Crippen LogP contribution in [-0.2, 0) is 19.6 Å². The largest absolute Gasteiger partial charge is 0.335 e. The van der Waals surface area contributed by atoms with Crippen molar-refractivity contribution in [3.05, 3.63) is 0 Å². The third-order valence-electron chi connectivity index (χ3n) is 0.949. The molecule has 0 saturated heterocycles. The molecule has 1 amide bonds. The first-order valence-corrected chi connectivity index (χ1v) is 5.74. The van der Waals surface area contributed by atoms with Gasteiger partial charge in [-0.05, 0) is 20.8 Å². The van der Waals surface area contributed by atoms with Crippen molar-refractivity contribution in [2.45, 2.75) is 32.7 Å². The smallest absolute Gasteiger partial charge is 0.295 e. The summed E-state index contributed by atoms with van der Waals surface area (Å²) >= 11 is 0. The van der Waals surface area contributed by atoms with Crippen molar-refractivity contribution in [1.29, 1.82) is 0 Å². The molecule has 0 bridgehead atoms. The van der Waals surface area contributed by atoms with Crippen LogP contribution >= 0.6 is 0 Å². The van der Waals surface area contributed by atoms with Crippen LogP contribution in [0.1, 0.15) is 20.8 Å². The molecule has 1 N–H and O–H groups in total. The van der Waals surface area contributed by atoms with Crippen molar-refractivity contribution in [3.63, 3.8) is 0 Å². The van der Waals surface area contributed by atoms with Crippen LogP contribution in [0.4, 0.5) is 4.39 Å². The molecule has 0 heterocycles. The number of alkyl halides is 1. The van der Waals surface area contributed by atoms with Gasteiger partial charge < -0.3 is 4.74 Å². The van der Waals surface area contributed by atoms with Crippen LogP contribution in [0.3, 0.4) is 0 Å². The SMILES string of the molecule is CC(C)(C)OC(F)C(=O)NS(C)(=O)=O. The molecule has 7 heteroatoms. The van der Waals surface area contributed by atoms with Gasteiger partial charge in [-0.15, -0.1) is 0 Å². The molecule has 5 nitrogen and oxygen atoms in total. The summed E-state index contributed by atoms with van der Waals surface area (Å²) in [5.41, 5.74) is -0.853. The van der Waals surface area contributed by atoms with Crippen molar-refractivity contribution in [1.82, 2.24) is 4.72 Å². The second-order valence-electron chi connectivity index (χ2n) is 3.78. The van der Waals surface area contributed by atoms with Gasteiger partial charge in [0.25, 0.3) is 12.3 Å². The lowest BCUT2D eigenvalue weighted by Gasteiger charge is -2.21. The van der Waals surface area contributed by atoms with E-state index in [0.29, 0.717) is 0 Å². The first-order valence-electron chi connectivity index (χ1n) is 3.85.